The van der Waals surface area contributed by atoms with Crippen LogP contribution in [0.5, 0.6) is 0 Å². The molecule has 29 heavy (non-hydrogen) atoms. The molecule has 2 unspecified atom stereocenters. The normalized spacial score (nSPS) is 17.8. The number of carboxylic acid groups (broad SMARTS) is 1. The minimum Gasteiger partial charge on any atom is -0.478 e. The molecule has 1 saturated carbocycles. The second kappa shape index (κ2) is 7.57. The van der Waals surface area contributed by atoms with Crippen LogP contribution in [0.15, 0.2) is 69.5 Å². The molecule has 1 heterocycles. The van der Waals surface area contributed by atoms with Gasteiger partial charge in [0.05, 0.1) is 11.5 Å². The lowest BCUT2D eigenvalue weighted by molar-refractivity contribution is -0.131. The fraction of sp³-hybridized carbons (Fsp3) is 0.240. The zero-order chi connectivity index (χ0) is 20.5. The summed E-state index contributed by atoms with van der Waals surface area (Å²) in [5.74, 6) is 0.405. The highest BCUT2D eigenvalue weighted by molar-refractivity contribution is 5.82. The number of carboxylic acids is 1. The Hall–Kier alpha value is -3.36. The van der Waals surface area contributed by atoms with E-state index in [1.54, 1.807) is 24.3 Å². The Morgan fingerprint density at radius 1 is 1.17 bits per heavy atom. The molecule has 1 N–H and O–H groups in total. The molecule has 146 valence electrons. The van der Waals surface area contributed by atoms with Gasteiger partial charge in [-0.2, -0.15) is 0 Å². The summed E-state index contributed by atoms with van der Waals surface area (Å²) >= 11 is 0. The van der Waals surface area contributed by atoms with E-state index in [1.165, 1.54) is 5.56 Å². The first kappa shape index (κ1) is 19.0. The summed E-state index contributed by atoms with van der Waals surface area (Å²) in [6.45, 7) is 4.03. The lowest BCUT2D eigenvalue weighted by Gasteiger charge is -2.13. The molecule has 0 amide bonds. The van der Waals surface area contributed by atoms with E-state index in [4.69, 9.17) is 9.52 Å². The molecule has 2 atom stereocenters. The average molecular weight is 386 g/mol. The Morgan fingerprint density at radius 2 is 1.93 bits per heavy atom. The molecule has 0 radical (unpaired) electrons. The summed E-state index contributed by atoms with van der Waals surface area (Å²) in [7, 11) is 0. The van der Waals surface area contributed by atoms with Crippen LogP contribution in [0.25, 0.3) is 17.0 Å². The zero-order valence-corrected chi connectivity index (χ0v) is 16.4. The van der Waals surface area contributed by atoms with Gasteiger partial charge in [0.25, 0.3) is 0 Å². The summed E-state index contributed by atoms with van der Waals surface area (Å²) in [5.41, 5.74) is 5.88. The van der Waals surface area contributed by atoms with Crippen LogP contribution in [0.3, 0.4) is 0 Å². The first-order valence-corrected chi connectivity index (χ1v) is 9.76. The van der Waals surface area contributed by atoms with Gasteiger partial charge in [0, 0.05) is 11.5 Å². The van der Waals surface area contributed by atoms with Gasteiger partial charge in [-0.25, -0.2) is 4.79 Å². The molecule has 1 aromatic heterocycles. The van der Waals surface area contributed by atoms with Crippen LogP contribution in [0.1, 0.15) is 60.5 Å². The topological polar surface area (TPSA) is 67.5 Å². The van der Waals surface area contributed by atoms with Crippen molar-refractivity contribution in [2.24, 2.45) is 0 Å². The van der Waals surface area contributed by atoms with Crippen molar-refractivity contribution in [1.82, 2.24) is 0 Å². The van der Waals surface area contributed by atoms with Crippen molar-refractivity contribution in [3.63, 3.8) is 0 Å². The average Bonchev–Trinajstić information content (AvgIpc) is 3.49. The molecule has 3 aromatic rings. The van der Waals surface area contributed by atoms with Crippen molar-refractivity contribution in [3.8, 4) is 0 Å². The number of carbonyl (C=O) groups is 1. The van der Waals surface area contributed by atoms with E-state index in [-0.39, 0.29) is 17.3 Å². The maximum absolute atomic E-state index is 13.3. The van der Waals surface area contributed by atoms with Crippen molar-refractivity contribution in [2.45, 2.75) is 38.0 Å². The van der Waals surface area contributed by atoms with E-state index in [0.29, 0.717) is 22.5 Å². The SMILES string of the molecule is CC(C)c1c(C2CC2c2ccccc2)oc2ccc(C=C=CC(=O)O)cc2c1=O. The third kappa shape index (κ3) is 3.80. The highest BCUT2D eigenvalue weighted by Gasteiger charge is 2.43. The van der Waals surface area contributed by atoms with Crippen molar-refractivity contribution in [3.05, 3.63) is 93.0 Å². The highest BCUT2D eigenvalue weighted by Crippen LogP contribution is 2.55. The molecule has 1 aliphatic rings. The minimum absolute atomic E-state index is 0.00701. The van der Waals surface area contributed by atoms with E-state index < -0.39 is 5.97 Å². The lowest BCUT2D eigenvalue weighted by atomic mass is 9.96. The molecule has 0 aliphatic heterocycles. The maximum atomic E-state index is 13.3. The number of aliphatic carboxylic acids is 1. The zero-order valence-electron chi connectivity index (χ0n) is 16.4. The Balaban J connectivity index is 1.79. The van der Waals surface area contributed by atoms with Gasteiger partial charge in [-0.05, 0) is 47.6 Å². The summed E-state index contributed by atoms with van der Waals surface area (Å²) < 4.78 is 6.27. The second-order valence-electron chi connectivity index (χ2n) is 7.77. The summed E-state index contributed by atoms with van der Waals surface area (Å²) in [5, 5.41) is 9.21. The molecule has 4 nitrogen and oxygen atoms in total. The Morgan fingerprint density at radius 3 is 2.62 bits per heavy atom. The van der Waals surface area contributed by atoms with Crippen LogP contribution in [0.2, 0.25) is 0 Å². The highest BCUT2D eigenvalue weighted by atomic mass is 16.4. The molecule has 0 spiro atoms. The molecule has 0 bridgehead atoms. The lowest BCUT2D eigenvalue weighted by Crippen LogP contribution is -2.14. The van der Waals surface area contributed by atoms with Crippen LogP contribution in [-0.4, -0.2) is 11.1 Å². The van der Waals surface area contributed by atoms with Crippen LogP contribution in [0.4, 0.5) is 0 Å². The third-order valence-corrected chi connectivity index (χ3v) is 5.37. The Bertz CT molecular complexity index is 1190. The van der Waals surface area contributed by atoms with Gasteiger partial charge in [0.15, 0.2) is 5.43 Å². The molecule has 1 fully saturated rings. The minimum atomic E-state index is -1.06. The summed E-state index contributed by atoms with van der Waals surface area (Å²) in [6, 6.07) is 15.7. The first-order chi connectivity index (χ1) is 14.0. The molecular weight excluding hydrogens is 364 g/mol. The number of hydrogen-bond acceptors (Lipinski definition) is 3. The van der Waals surface area contributed by atoms with Gasteiger partial charge in [0.1, 0.15) is 11.3 Å². The van der Waals surface area contributed by atoms with E-state index in [1.807, 2.05) is 32.0 Å². The molecule has 2 aromatic carbocycles. The van der Waals surface area contributed by atoms with E-state index in [2.05, 4.69) is 17.9 Å². The van der Waals surface area contributed by atoms with Crippen molar-refractivity contribution >= 4 is 23.0 Å². The fourth-order valence-electron chi connectivity index (χ4n) is 3.92. The number of benzene rings is 2. The van der Waals surface area contributed by atoms with Crippen LogP contribution in [0, 0.1) is 0 Å². The smallest absolute Gasteiger partial charge is 0.336 e. The van der Waals surface area contributed by atoms with Crippen molar-refractivity contribution in [2.75, 3.05) is 0 Å². The van der Waals surface area contributed by atoms with Gasteiger partial charge >= 0.3 is 5.97 Å². The molecule has 1 aliphatic carbocycles. The third-order valence-electron chi connectivity index (χ3n) is 5.37. The molecule has 0 saturated heterocycles. The van der Waals surface area contributed by atoms with Crippen molar-refractivity contribution < 1.29 is 14.3 Å². The number of fused-ring (bicyclic) bond motifs is 1. The first-order valence-electron chi connectivity index (χ1n) is 9.76. The monoisotopic (exact) mass is 386 g/mol. The standard InChI is InChI=1S/C25H22O4/c1-15(2)23-24(28)20-13-16(7-6-10-22(26)27)11-12-21(20)29-25(23)19-14-18(19)17-8-4-3-5-9-17/h3-5,7-13,15,18-19H,14H2,1-2H3,(H,26,27). The Labute approximate surface area is 168 Å². The predicted molar refractivity (Wildman–Crippen MR) is 113 cm³/mol. The van der Waals surface area contributed by atoms with Crippen LogP contribution in [-0.2, 0) is 4.79 Å². The number of rotatable bonds is 5. The summed E-state index contributed by atoms with van der Waals surface area (Å²) in [6.07, 6.45) is 3.47. The number of hydrogen-bond donors (Lipinski definition) is 1. The van der Waals surface area contributed by atoms with Gasteiger partial charge in [0.2, 0.25) is 0 Å². The summed E-state index contributed by atoms with van der Waals surface area (Å²) in [4.78, 5) is 23.9. The molecule has 4 heteroatoms. The molecular formula is C25H22O4. The predicted octanol–water partition coefficient (Wildman–Crippen LogP) is 5.44. The molecule has 4 rings (SSSR count). The quantitative estimate of drug-likeness (QED) is 0.468. The van der Waals surface area contributed by atoms with Crippen LogP contribution < -0.4 is 5.43 Å². The largest absolute Gasteiger partial charge is 0.478 e. The fourth-order valence-corrected chi connectivity index (χ4v) is 3.92. The van der Waals surface area contributed by atoms with E-state index >= 15 is 0 Å². The van der Waals surface area contributed by atoms with E-state index in [0.717, 1.165) is 23.8 Å². The van der Waals surface area contributed by atoms with Gasteiger partial charge < -0.3 is 9.52 Å². The van der Waals surface area contributed by atoms with Gasteiger partial charge in [-0.15, -0.1) is 5.73 Å². The van der Waals surface area contributed by atoms with Crippen LogP contribution >= 0.6 is 0 Å². The van der Waals surface area contributed by atoms with Gasteiger partial charge in [-0.1, -0.05) is 50.2 Å². The second-order valence-corrected chi connectivity index (χ2v) is 7.77. The maximum Gasteiger partial charge on any atom is 0.336 e. The van der Waals surface area contributed by atoms with Crippen molar-refractivity contribution in [1.29, 1.82) is 0 Å². The van der Waals surface area contributed by atoms with E-state index in [9.17, 15) is 9.59 Å². The Kier molecular flexibility index (Phi) is 4.96. The van der Waals surface area contributed by atoms with Gasteiger partial charge in [-0.3, -0.25) is 4.79 Å².